The van der Waals surface area contributed by atoms with Gasteiger partial charge >= 0.3 is 0 Å². The van der Waals surface area contributed by atoms with Crippen LogP contribution in [0, 0.1) is 0 Å². The number of thiazole rings is 1. The first-order valence-electron chi connectivity index (χ1n) is 9.57. The summed E-state index contributed by atoms with van der Waals surface area (Å²) in [5.41, 5.74) is 2.81. The minimum absolute atomic E-state index is 0.0765. The van der Waals surface area contributed by atoms with Crippen LogP contribution < -0.4 is 10.2 Å². The SMILES string of the molecule is COCCN1C(=O)c2ccccc2NC1c1csc(N(C(C)=O)c2ccccc2)n1. The highest BCUT2D eigenvalue weighted by Gasteiger charge is 2.34. The number of anilines is 3. The van der Waals surface area contributed by atoms with Crippen LogP contribution in [0.3, 0.4) is 0 Å². The zero-order valence-corrected chi connectivity index (χ0v) is 17.6. The summed E-state index contributed by atoms with van der Waals surface area (Å²) >= 11 is 1.37. The molecule has 2 heterocycles. The van der Waals surface area contributed by atoms with Crippen molar-refractivity contribution in [3.8, 4) is 0 Å². The molecule has 0 fully saturated rings. The zero-order chi connectivity index (χ0) is 21.1. The minimum Gasteiger partial charge on any atom is -0.383 e. The van der Waals surface area contributed by atoms with Gasteiger partial charge in [0, 0.05) is 31.6 Å². The average molecular weight is 423 g/mol. The number of para-hydroxylation sites is 2. The first-order valence-corrected chi connectivity index (χ1v) is 10.4. The van der Waals surface area contributed by atoms with Crippen molar-refractivity contribution in [1.29, 1.82) is 0 Å². The van der Waals surface area contributed by atoms with Gasteiger partial charge in [0.05, 0.1) is 23.6 Å². The van der Waals surface area contributed by atoms with Gasteiger partial charge in [-0.1, -0.05) is 30.3 Å². The number of carbonyl (C=O) groups is 2. The van der Waals surface area contributed by atoms with E-state index < -0.39 is 6.17 Å². The van der Waals surface area contributed by atoms with Crippen LogP contribution in [0.4, 0.5) is 16.5 Å². The number of hydrogen-bond donors (Lipinski definition) is 1. The Morgan fingerprint density at radius 3 is 2.67 bits per heavy atom. The second-order valence-corrected chi connectivity index (χ2v) is 7.67. The molecule has 0 saturated carbocycles. The third-order valence-electron chi connectivity index (χ3n) is 4.87. The lowest BCUT2D eigenvalue weighted by Crippen LogP contribution is -2.44. The summed E-state index contributed by atoms with van der Waals surface area (Å²) in [6.45, 7) is 2.34. The zero-order valence-electron chi connectivity index (χ0n) is 16.7. The number of carbonyl (C=O) groups excluding carboxylic acids is 2. The fraction of sp³-hybridized carbons (Fsp3) is 0.227. The van der Waals surface area contributed by atoms with Crippen molar-refractivity contribution in [2.75, 3.05) is 30.5 Å². The van der Waals surface area contributed by atoms with Crippen LogP contribution in [0.25, 0.3) is 0 Å². The monoisotopic (exact) mass is 422 g/mol. The maximum Gasteiger partial charge on any atom is 0.257 e. The van der Waals surface area contributed by atoms with E-state index in [4.69, 9.17) is 9.72 Å². The Labute approximate surface area is 178 Å². The van der Waals surface area contributed by atoms with E-state index in [1.54, 1.807) is 23.0 Å². The van der Waals surface area contributed by atoms with Gasteiger partial charge in [0.2, 0.25) is 5.91 Å². The van der Waals surface area contributed by atoms with Crippen molar-refractivity contribution >= 4 is 39.7 Å². The molecule has 154 valence electrons. The molecule has 1 aliphatic rings. The van der Waals surface area contributed by atoms with Crippen LogP contribution in [-0.2, 0) is 9.53 Å². The van der Waals surface area contributed by atoms with Gasteiger partial charge in [-0.05, 0) is 24.3 Å². The Bertz CT molecular complexity index is 1050. The predicted octanol–water partition coefficient (Wildman–Crippen LogP) is 4.04. The second kappa shape index (κ2) is 8.64. The summed E-state index contributed by atoms with van der Waals surface area (Å²) in [4.78, 5) is 33.5. The number of methoxy groups -OCH3 is 1. The number of nitrogens with one attached hydrogen (secondary N) is 1. The number of hydrogen-bond acceptors (Lipinski definition) is 6. The van der Waals surface area contributed by atoms with Crippen LogP contribution in [0.15, 0.2) is 60.0 Å². The molecule has 0 saturated heterocycles. The summed E-state index contributed by atoms with van der Waals surface area (Å²) < 4.78 is 5.21. The lowest BCUT2D eigenvalue weighted by Gasteiger charge is -2.36. The summed E-state index contributed by atoms with van der Waals surface area (Å²) in [6.07, 6.45) is -0.447. The molecule has 0 spiro atoms. The van der Waals surface area contributed by atoms with E-state index in [-0.39, 0.29) is 11.8 Å². The van der Waals surface area contributed by atoms with E-state index in [0.717, 1.165) is 11.4 Å². The topological polar surface area (TPSA) is 74.8 Å². The smallest absolute Gasteiger partial charge is 0.257 e. The van der Waals surface area contributed by atoms with Gasteiger partial charge in [-0.25, -0.2) is 4.98 Å². The first-order chi connectivity index (χ1) is 14.6. The molecule has 2 amide bonds. The molecular weight excluding hydrogens is 400 g/mol. The van der Waals surface area contributed by atoms with Gasteiger partial charge in [-0.2, -0.15) is 0 Å². The maximum absolute atomic E-state index is 13.1. The fourth-order valence-electron chi connectivity index (χ4n) is 3.46. The van der Waals surface area contributed by atoms with Crippen molar-refractivity contribution in [2.45, 2.75) is 13.1 Å². The van der Waals surface area contributed by atoms with Gasteiger partial charge in [0.1, 0.15) is 6.17 Å². The van der Waals surface area contributed by atoms with Crippen LogP contribution >= 0.6 is 11.3 Å². The van der Waals surface area contributed by atoms with Gasteiger partial charge < -0.3 is 15.0 Å². The molecule has 7 nitrogen and oxygen atoms in total. The van der Waals surface area contributed by atoms with E-state index in [9.17, 15) is 9.59 Å². The van der Waals surface area contributed by atoms with Crippen molar-refractivity contribution in [3.05, 3.63) is 71.2 Å². The van der Waals surface area contributed by atoms with Crippen LogP contribution in [-0.4, -0.2) is 42.0 Å². The molecule has 1 aromatic heterocycles. The lowest BCUT2D eigenvalue weighted by molar-refractivity contribution is -0.115. The molecule has 1 aliphatic heterocycles. The molecule has 1 unspecified atom stereocenters. The third kappa shape index (κ3) is 3.79. The lowest BCUT2D eigenvalue weighted by atomic mass is 10.1. The number of benzene rings is 2. The number of ether oxygens (including phenoxy) is 1. The third-order valence-corrected chi connectivity index (χ3v) is 5.71. The van der Waals surface area contributed by atoms with Crippen LogP contribution in [0.5, 0.6) is 0 Å². The highest BCUT2D eigenvalue weighted by Crippen LogP contribution is 2.36. The number of fused-ring (bicyclic) bond motifs is 1. The van der Waals surface area contributed by atoms with Gasteiger partial charge in [0.25, 0.3) is 5.91 Å². The molecule has 3 aromatic rings. The summed E-state index contributed by atoms with van der Waals surface area (Å²) in [7, 11) is 1.61. The van der Waals surface area contributed by atoms with E-state index in [1.807, 2.05) is 53.9 Å². The van der Waals surface area contributed by atoms with E-state index >= 15 is 0 Å². The number of rotatable bonds is 6. The molecular formula is C22H22N4O3S. The van der Waals surface area contributed by atoms with Crippen LogP contribution in [0.1, 0.15) is 29.1 Å². The minimum atomic E-state index is -0.447. The molecule has 4 rings (SSSR count). The molecule has 30 heavy (non-hydrogen) atoms. The summed E-state index contributed by atoms with van der Waals surface area (Å²) in [6, 6.07) is 16.8. The normalized spacial score (nSPS) is 15.5. The largest absolute Gasteiger partial charge is 0.383 e. The van der Waals surface area contributed by atoms with Crippen LogP contribution in [0.2, 0.25) is 0 Å². The molecule has 0 aliphatic carbocycles. The molecule has 2 aromatic carbocycles. The number of aromatic nitrogens is 1. The van der Waals surface area contributed by atoms with E-state index in [0.29, 0.717) is 29.5 Å². The Morgan fingerprint density at radius 1 is 1.20 bits per heavy atom. The predicted molar refractivity (Wildman–Crippen MR) is 117 cm³/mol. The molecule has 1 atom stereocenters. The standard InChI is InChI=1S/C22H22N4O3S/c1-15(27)26(16-8-4-3-5-9-16)22-24-19(14-30-22)20-23-18-11-7-6-10-17(18)21(28)25(20)12-13-29-2/h3-11,14,20,23H,12-13H2,1-2H3. The van der Waals surface area contributed by atoms with Crippen molar-refractivity contribution in [3.63, 3.8) is 0 Å². The Morgan fingerprint density at radius 2 is 1.93 bits per heavy atom. The van der Waals surface area contributed by atoms with Crippen molar-refractivity contribution < 1.29 is 14.3 Å². The molecule has 0 bridgehead atoms. The van der Waals surface area contributed by atoms with E-state index in [1.165, 1.54) is 18.3 Å². The number of nitrogens with zero attached hydrogens (tertiary/aromatic N) is 3. The highest BCUT2D eigenvalue weighted by molar-refractivity contribution is 7.14. The molecule has 1 N–H and O–H groups in total. The molecule has 0 radical (unpaired) electrons. The average Bonchev–Trinajstić information content (AvgIpc) is 3.23. The quantitative estimate of drug-likeness (QED) is 0.649. The number of amides is 2. The summed E-state index contributed by atoms with van der Waals surface area (Å²) in [5, 5.41) is 5.85. The maximum atomic E-state index is 13.1. The van der Waals surface area contributed by atoms with E-state index in [2.05, 4.69) is 5.32 Å². The Kier molecular flexibility index (Phi) is 5.78. The Hall–Kier alpha value is -3.23. The van der Waals surface area contributed by atoms with Gasteiger partial charge in [-0.3, -0.25) is 14.5 Å². The summed E-state index contributed by atoms with van der Waals surface area (Å²) in [5.74, 6) is -0.205. The molecule has 8 heteroatoms. The van der Waals surface area contributed by atoms with Crippen molar-refractivity contribution in [1.82, 2.24) is 9.88 Å². The Balaban J connectivity index is 1.70. The van der Waals surface area contributed by atoms with Gasteiger partial charge in [0.15, 0.2) is 5.13 Å². The van der Waals surface area contributed by atoms with Gasteiger partial charge in [-0.15, -0.1) is 11.3 Å². The van der Waals surface area contributed by atoms with Crippen molar-refractivity contribution in [2.24, 2.45) is 0 Å². The highest BCUT2D eigenvalue weighted by atomic mass is 32.1. The first kappa shape index (κ1) is 20.1. The fourth-order valence-corrected chi connectivity index (χ4v) is 4.36. The second-order valence-electron chi connectivity index (χ2n) is 6.83.